The number of ether oxygens (including phenoxy) is 3. The summed E-state index contributed by atoms with van der Waals surface area (Å²) < 4.78 is 45.1. The molecule has 2 atom stereocenters. The summed E-state index contributed by atoms with van der Waals surface area (Å²) in [6, 6.07) is 17.2. The van der Waals surface area contributed by atoms with Crippen molar-refractivity contribution >= 4 is 27.5 Å². The van der Waals surface area contributed by atoms with E-state index in [1.54, 1.807) is 33.1 Å². The van der Waals surface area contributed by atoms with Crippen molar-refractivity contribution in [3.8, 4) is 17.2 Å². The van der Waals surface area contributed by atoms with Gasteiger partial charge in [-0.15, -0.1) is 0 Å². The Balaban J connectivity index is 1.85. The molecule has 37 heavy (non-hydrogen) atoms. The van der Waals surface area contributed by atoms with Crippen LogP contribution in [0.2, 0.25) is 5.02 Å². The monoisotopic (exact) mass is 546 g/mol. The van der Waals surface area contributed by atoms with Gasteiger partial charge in [0.2, 0.25) is 15.9 Å². The van der Waals surface area contributed by atoms with E-state index in [1.807, 2.05) is 36.4 Å². The average molecular weight is 547 g/mol. The summed E-state index contributed by atoms with van der Waals surface area (Å²) >= 11 is 6.21. The fourth-order valence-corrected chi connectivity index (χ4v) is 5.25. The maximum absolute atomic E-state index is 13.4. The molecular weight excluding hydrogens is 516 g/mol. The molecule has 0 unspecified atom stereocenters. The van der Waals surface area contributed by atoms with Crippen LogP contribution in [0.25, 0.3) is 0 Å². The summed E-state index contributed by atoms with van der Waals surface area (Å²) in [6.07, 6.45) is 0.148. The molecule has 0 radical (unpaired) electrons. The summed E-state index contributed by atoms with van der Waals surface area (Å²) in [5.41, 5.74) is 1.57. The highest BCUT2D eigenvalue weighted by atomic mass is 35.5. The Hall–Kier alpha value is -3.27. The number of rotatable bonds is 12. The van der Waals surface area contributed by atoms with Gasteiger partial charge in [0.1, 0.15) is 11.8 Å². The van der Waals surface area contributed by atoms with E-state index < -0.39 is 28.0 Å². The lowest BCUT2D eigenvalue weighted by atomic mass is 10.0. The van der Waals surface area contributed by atoms with Crippen molar-refractivity contribution in [1.29, 1.82) is 0 Å². The molecule has 0 aliphatic carbocycles. The van der Waals surface area contributed by atoms with E-state index in [9.17, 15) is 13.2 Å². The SMILES string of the molecule is CCOc1ccc(S(=O)(=O)N[C@@H](Cc2ccccc2)C(=O)N[C@@H](C)c2ccc(OC)c(OC)c2)cc1Cl. The van der Waals surface area contributed by atoms with Gasteiger partial charge in [-0.1, -0.05) is 48.0 Å². The van der Waals surface area contributed by atoms with Crippen LogP contribution in [0.15, 0.2) is 71.6 Å². The second kappa shape index (κ2) is 12.8. The van der Waals surface area contributed by atoms with Crippen LogP contribution in [0, 0.1) is 0 Å². The highest BCUT2D eigenvalue weighted by Gasteiger charge is 2.28. The molecule has 0 spiro atoms. The average Bonchev–Trinajstić information content (AvgIpc) is 2.89. The number of sulfonamides is 1. The van der Waals surface area contributed by atoms with Gasteiger partial charge in [0.05, 0.1) is 36.8 Å². The third-order valence-electron chi connectivity index (χ3n) is 5.68. The smallest absolute Gasteiger partial charge is 0.241 e. The number of amides is 1. The van der Waals surface area contributed by atoms with Crippen LogP contribution >= 0.6 is 11.6 Å². The molecule has 3 aromatic carbocycles. The van der Waals surface area contributed by atoms with E-state index in [2.05, 4.69) is 10.0 Å². The minimum Gasteiger partial charge on any atom is -0.493 e. The Labute approximate surface area is 222 Å². The minimum absolute atomic E-state index is 0.0697. The van der Waals surface area contributed by atoms with Crippen LogP contribution in [0.1, 0.15) is 31.0 Å². The molecule has 0 saturated heterocycles. The summed E-state index contributed by atoms with van der Waals surface area (Å²) in [5.74, 6) is 0.987. The van der Waals surface area contributed by atoms with Gasteiger partial charge in [0.15, 0.2) is 11.5 Å². The highest BCUT2D eigenvalue weighted by Crippen LogP contribution is 2.30. The molecule has 0 bridgehead atoms. The van der Waals surface area contributed by atoms with Crippen molar-refractivity contribution in [2.45, 2.75) is 37.2 Å². The van der Waals surface area contributed by atoms with E-state index in [1.165, 1.54) is 25.3 Å². The zero-order chi connectivity index (χ0) is 27.0. The molecule has 0 aliphatic heterocycles. The maximum Gasteiger partial charge on any atom is 0.241 e. The Morgan fingerprint density at radius 3 is 2.24 bits per heavy atom. The van der Waals surface area contributed by atoms with Crippen molar-refractivity contribution in [3.63, 3.8) is 0 Å². The lowest BCUT2D eigenvalue weighted by Gasteiger charge is -2.22. The normalized spacial score (nSPS) is 12.9. The van der Waals surface area contributed by atoms with Crippen LogP contribution < -0.4 is 24.2 Å². The molecule has 3 aromatic rings. The lowest BCUT2D eigenvalue weighted by Crippen LogP contribution is -2.48. The fraction of sp³-hybridized carbons (Fsp3) is 0.296. The van der Waals surface area contributed by atoms with E-state index in [0.29, 0.717) is 23.9 Å². The summed E-state index contributed by atoms with van der Waals surface area (Å²) in [7, 11) is -1.01. The first-order chi connectivity index (χ1) is 17.7. The summed E-state index contributed by atoms with van der Waals surface area (Å²) in [6.45, 7) is 4.00. The minimum atomic E-state index is -4.09. The summed E-state index contributed by atoms with van der Waals surface area (Å²) in [4.78, 5) is 13.3. The maximum atomic E-state index is 13.4. The Kier molecular flexibility index (Phi) is 9.79. The van der Waals surface area contributed by atoms with Crippen molar-refractivity contribution in [3.05, 3.63) is 82.9 Å². The predicted octanol–water partition coefficient (Wildman–Crippen LogP) is 4.52. The number of carbonyl (C=O) groups excluding carboxylic acids is 1. The third kappa shape index (κ3) is 7.38. The van der Waals surface area contributed by atoms with E-state index in [-0.39, 0.29) is 16.3 Å². The number of hydrogen-bond donors (Lipinski definition) is 2. The lowest BCUT2D eigenvalue weighted by molar-refractivity contribution is -0.123. The number of methoxy groups -OCH3 is 2. The molecule has 1 amide bonds. The summed E-state index contributed by atoms with van der Waals surface area (Å²) in [5, 5.41) is 3.07. The molecule has 0 heterocycles. The van der Waals surface area contributed by atoms with Crippen LogP contribution in [-0.4, -0.2) is 41.2 Å². The van der Waals surface area contributed by atoms with Crippen molar-refractivity contribution in [2.24, 2.45) is 0 Å². The third-order valence-corrected chi connectivity index (χ3v) is 7.44. The first-order valence-electron chi connectivity index (χ1n) is 11.7. The second-order valence-electron chi connectivity index (χ2n) is 8.23. The highest BCUT2D eigenvalue weighted by molar-refractivity contribution is 7.89. The Bertz CT molecular complexity index is 1320. The number of carbonyl (C=O) groups is 1. The van der Waals surface area contributed by atoms with Gasteiger partial charge in [-0.3, -0.25) is 4.79 Å². The molecule has 198 valence electrons. The van der Waals surface area contributed by atoms with E-state index in [4.69, 9.17) is 25.8 Å². The number of benzene rings is 3. The Morgan fingerprint density at radius 2 is 1.62 bits per heavy atom. The zero-order valence-electron chi connectivity index (χ0n) is 21.2. The molecule has 0 aromatic heterocycles. The van der Waals surface area contributed by atoms with Crippen LogP contribution in [0.5, 0.6) is 17.2 Å². The van der Waals surface area contributed by atoms with Gasteiger partial charge in [-0.05, 0) is 61.7 Å². The molecule has 3 rings (SSSR count). The molecule has 10 heteroatoms. The second-order valence-corrected chi connectivity index (χ2v) is 10.4. The zero-order valence-corrected chi connectivity index (χ0v) is 22.7. The van der Waals surface area contributed by atoms with Gasteiger partial charge in [-0.25, -0.2) is 8.42 Å². The van der Waals surface area contributed by atoms with Gasteiger partial charge < -0.3 is 19.5 Å². The van der Waals surface area contributed by atoms with Gasteiger partial charge in [-0.2, -0.15) is 4.72 Å². The van der Waals surface area contributed by atoms with Crippen molar-refractivity contribution < 1.29 is 27.4 Å². The van der Waals surface area contributed by atoms with Crippen molar-refractivity contribution in [2.75, 3.05) is 20.8 Å². The molecule has 8 nitrogen and oxygen atoms in total. The topological polar surface area (TPSA) is 103 Å². The quantitative estimate of drug-likeness (QED) is 0.346. The van der Waals surface area contributed by atoms with Gasteiger partial charge >= 0.3 is 0 Å². The Morgan fingerprint density at radius 1 is 0.946 bits per heavy atom. The molecular formula is C27H31ClN2O6S. The molecule has 0 saturated carbocycles. The first-order valence-corrected chi connectivity index (χ1v) is 13.6. The van der Waals surface area contributed by atoms with E-state index >= 15 is 0 Å². The van der Waals surface area contributed by atoms with Crippen LogP contribution in [0.4, 0.5) is 0 Å². The van der Waals surface area contributed by atoms with Crippen LogP contribution in [-0.2, 0) is 21.2 Å². The largest absolute Gasteiger partial charge is 0.493 e. The fourth-order valence-electron chi connectivity index (χ4n) is 3.73. The molecule has 0 fully saturated rings. The number of hydrogen-bond acceptors (Lipinski definition) is 6. The van der Waals surface area contributed by atoms with Gasteiger partial charge in [0, 0.05) is 0 Å². The number of halogens is 1. The standard InChI is InChI=1S/C27H31ClN2O6S/c1-5-36-24-14-12-21(17-22(24)28)37(32,33)30-23(15-19-9-7-6-8-10-19)27(31)29-18(2)20-11-13-25(34-3)26(16-20)35-4/h6-14,16-18,23,30H,5,15H2,1-4H3,(H,29,31)/t18-,23-/m0/s1. The predicted molar refractivity (Wildman–Crippen MR) is 143 cm³/mol. The number of nitrogens with one attached hydrogen (secondary N) is 2. The van der Waals surface area contributed by atoms with Crippen LogP contribution in [0.3, 0.4) is 0 Å². The molecule has 2 N–H and O–H groups in total. The first kappa shape index (κ1) is 28.3. The van der Waals surface area contributed by atoms with E-state index in [0.717, 1.165) is 11.1 Å². The molecule has 0 aliphatic rings. The van der Waals surface area contributed by atoms with Crippen molar-refractivity contribution in [1.82, 2.24) is 10.0 Å². The van der Waals surface area contributed by atoms with Gasteiger partial charge in [0.25, 0.3) is 0 Å².